The van der Waals surface area contributed by atoms with Crippen molar-refractivity contribution in [3.05, 3.63) is 35.0 Å². The van der Waals surface area contributed by atoms with Gasteiger partial charge >= 0.3 is 6.18 Å². The van der Waals surface area contributed by atoms with E-state index in [1.165, 1.54) is 0 Å². The molecule has 7 rings (SSSR count). The van der Waals surface area contributed by atoms with Crippen molar-refractivity contribution in [3.63, 3.8) is 0 Å². The lowest BCUT2D eigenvalue weighted by Crippen LogP contribution is -2.70. The fourth-order valence-corrected chi connectivity index (χ4v) is 5.59. The van der Waals surface area contributed by atoms with Crippen LogP contribution in [0, 0.1) is 19.3 Å². The first-order valence-corrected chi connectivity index (χ1v) is 11.0. The monoisotopic (exact) mass is 459 g/mol. The molecule has 3 aliphatic carbocycles. The molecular formula is C22H24F3N7O. The van der Waals surface area contributed by atoms with E-state index >= 15 is 0 Å². The van der Waals surface area contributed by atoms with Crippen LogP contribution in [0.4, 0.5) is 19.1 Å². The lowest BCUT2D eigenvalue weighted by Gasteiger charge is -2.70. The Kier molecular flexibility index (Phi) is 4.16. The van der Waals surface area contributed by atoms with Crippen LogP contribution in [-0.2, 0) is 17.2 Å². The second kappa shape index (κ2) is 6.62. The molecule has 3 aromatic heterocycles. The average Bonchev–Trinajstić information content (AvgIpc) is 3.12. The quantitative estimate of drug-likeness (QED) is 0.594. The van der Waals surface area contributed by atoms with Gasteiger partial charge in [0.15, 0.2) is 5.65 Å². The van der Waals surface area contributed by atoms with Crippen LogP contribution in [0.1, 0.15) is 48.0 Å². The minimum Gasteiger partial charge on any atom is -0.370 e. The molecule has 4 aliphatic rings. The third-order valence-corrected chi connectivity index (χ3v) is 7.51. The summed E-state index contributed by atoms with van der Waals surface area (Å²) in [7, 11) is 1.85. The first-order chi connectivity index (χ1) is 15.6. The Labute approximate surface area is 188 Å². The summed E-state index contributed by atoms with van der Waals surface area (Å²) in [5.41, 5.74) is 1.84. The molecule has 3 saturated carbocycles. The summed E-state index contributed by atoms with van der Waals surface area (Å²) in [5, 5.41) is 4.22. The minimum atomic E-state index is -4.18. The predicted octanol–water partition coefficient (Wildman–Crippen LogP) is 3.33. The zero-order valence-corrected chi connectivity index (χ0v) is 18.6. The summed E-state index contributed by atoms with van der Waals surface area (Å²) in [6.45, 7) is 5.29. The minimum absolute atomic E-state index is 0.0606. The van der Waals surface area contributed by atoms with Gasteiger partial charge in [-0.05, 0) is 33.1 Å². The van der Waals surface area contributed by atoms with Gasteiger partial charge in [0.2, 0.25) is 5.95 Å². The number of alkyl halides is 3. The van der Waals surface area contributed by atoms with E-state index in [9.17, 15) is 13.2 Å². The number of nitrogens with zero attached hydrogens (tertiary/aromatic N) is 7. The Morgan fingerprint density at radius 3 is 2.45 bits per heavy atom. The maximum absolute atomic E-state index is 13.5. The van der Waals surface area contributed by atoms with Crippen LogP contribution in [0.2, 0.25) is 0 Å². The zero-order chi connectivity index (χ0) is 23.2. The van der Waals surface area contributed by atoms with E-state index in [1.807, 2.05) is 32.0 Å². The van der Waals surface area contributed by atoms with E-state index in [0.29, 0.717) is 42.5 Å². The maximum atomic E-state index is 13.5. The Hall–Kier alpha value is -2.82. The first-order valence-electron chi connectivity index (χ1n) is 11.0. The molecule has 4 heterocycles. The molecule has 3 aromatic rings. The van der Waals surface area contributed by atoms with Gasteiger partial charge in [0.25, 0.3) is 0 Å². The third kappa shape index (κ3) is 2.97. The molecule has 0 aromatic carbocycles. The van der Waals surface area contributed by atoms with E-state index in [2.05, 4.69) is 15.1 Å². The molecular weight excluding hydrogens is 435 g/mol. The Balaban J connectivity index is 1.39. The summed E-state index contributed by atoms with van der Waals surface area (Å²) < 4.78 is 48.2. The molecule has 11 heteroatoms. The Morgan fingerprint density at radius 1 is 1.06 bits per heavy atom. The van der Waals surface area contributed by atoms with Gasteiger partial charge in [0.1, 0.15) is 11.6 Å². The van der Waals surface area contributed by atoms with Gasteiger partial charge in [-0.2, -0.15) is 23.3 Å². The van der Waals surface area contributed by atoms with Gasteiger partial charge in [-0.1, -0.05) is 0 Å². The van der Waals surface area contributed by atoms with Crippen molar-refractivity contribution in [2.45, 2.75) is 50.8 Å². The summed E-state index contributed by atoms with van der Waals surface area (Å²) in [6, 6.07) is 0. The number of halogens is 3. The molecule has 0 N–H and O–H groups in total. The number of aromatic nitrogens is 6. The van der Waals surface area contributed by atoms with Crippen molar-refractivity contribution in [2.24, 2.45) is 12.5 Å². The number of hydrogen-bond donors (Lipinski definition) is 0. The second-order valence-corrected chi connectivity index (χ2v) is 9.78. The van der Waals surface area contributed by atoms with Crippen molar-refractivity contribution < 1.29 is 17.9 Å². The molecule has 174 valence electrons. The fraction of sp³-hybridized carbons (Fsp3) is 0.591. The normalized spacial score (nSPS) is 29.2. The molecule has 1 atom stereocenters. The van der Waals surface area contributed by atoms with Crippen LogP contribution < -0.4 is 4.90 Å². The van der Waals surface area contributed by atoms with Crippen LogP contribution >= 0.6 is 0 Å². The number of fused-ring (bicyclic) bond motifs is 1. The highest BCUT2D eigenvalue weighted by atomic mass is 19.4. The van der Waals surface area contributed by atoms with Crippen molar-refractivity contribution in [1.29, 1.82) is 0 Å². The molecule has 0 spiro atoms. The summed E-state index contributed by atoms with van der Waals surface area (Å²) in [5.74, 6) is 0.470. The van der Waals surface area contributed by atoms with Crippen LogP contribution in [-0.4, -0.2) is 55.6 Å². The van der Waals surface area contributed by atoms with E-state index in [1.54, 1.807) is 10.9 Å². The molecule has 2 bridgehead atoms. The van der Waals surface area contributed by atoms with Gasteiger partial charge in [0, 0.05) is 30.8 Å². The van der Waals surface area contributed by atoms with Crippen molar-refractivity contribution >= 4 is 17.1 Å². The van der Waals surface area contributed by atoms with E-state index in [0.717, 1.165) is 17.0 Å². The number of morpholine rings is 1. The van der Waals surface area contributed by atoms with Crippen LogP contribution in [0.15, 0.2) is 12.4 Å². The van der Waals surface area contributed by atoms with Crippen LogP contribution in [0.25, 0.3) is 11.2 Å². The second-order valence-electron chi connectivity index (χ2n) is 9.78. The molecule has 1 aliphatic heterocycles. The van der Waals surface area contributed by atoms with E-state index in [-0.39, 0.29) is 25.4 Å². The van der Waals surface area contributed by atoms with E-state index in [4.69, 9.17) is 14.7 Å². The third-order valence-electron chi connectivity index (χ3n) is 7.51. The summed E-state index contributed by atoms with van der Waals surface area (Å²) in [4.78, 5) is 20.8. The van der Waals surface area contributed by atoms with Crippen molar-refractivity contribution in [1.82, 2.24) is 29.7 Å². The molecule has 0 radical (unpaired) electrons. The van der Waals surface area contributed by atoms with Gasteiger partial charge in [-0.3, -0.25) is 4.68 Å². The molecule has 1 saturated heterocycles. The highest BCUT2D eigenvalue weighted by molar-refractivity contribution is 5.77. The number of aryl methyl sites for hydroxylation is 3. The number of hydrogen-bond acceptors (Lipinski definition) is 7. The average molecular weight is 459 g/mol. The standard InChI is InChI=1S/C22H24F3N7O/c1-12-13(2)28-18-16(27-12)17(20-9-21(10-20,11-20)22(23,24)25)29-19(30-18)32-4-5-33-15(8-32)14-6-26-31(3)7-14/h6-7,15H,4-5,8-11H2,1-3H3/t15-,20?,21?/m0/s1. The number of anilines is 1. The Morgan fingerprint density at radius 2 is 1.79 bits per heavy atom. The SMILES string of the molecule is Cc1nc2nc(N3CCO[C@H](c4cnn(C)c4)C3)nc(C34CC(C(F)(F)F)(C3)C4)c2nc1C. The van der Waals surface area contributed by atoms with Gasteiger partial charge in [-0.15, -0.1) is 0 Å². The predicted molar refractivity (Wildman–Crippen MR) is 113 cm³/mol. The molecule has 33 heavy (non-hydrogen) atoms. The number of ether oxygens (including phenoxy) is 1. The maximum Gasteiger partial charge on any atom is 0.394 e. The zero-order valence-electron chi connectivity index (χ0n) is 18.6. The Bertz CT molecular complexity index is 1250. The van der Waals surface area contributed by atoms with Gasteiger partial charge in [-0.25, -0.2) is 15.0 Å². The van der Waals surface area contributed by atoms with Crippen LogP contribution in [0.3, 0.4) is 0 Å². The number of rotatable bonds is 3. The van der Waals surface area contributed by atoms with Gasteiger partial charge in [0.05, 0.1) is 41.8 Å². The van der Waals surface area contributed by atoms with Crippen molar-refractivity contribution in [2.75, 3.05) is 24.6 Å². The van der Waals surface area contributed by atoms with Crippen molar-refractivity contribution in [3.8, 4) is 0 Å². The van der Waals surface area contributed by atoms with Crippen LogP contribution in [0.5, 0.6) is 0 Å². The molecule has 0 amide bonds. The molecule has 8 nitrogen and oxygen atoms in total. The lowest BCUT2D eigenvalue weighted by atomic mass is 9.34. The smallest absolute Gasteiger partial charge is 0.370 e. The van der Waals surface area contributed by atoms with E-state index < -0.39 is 17.0 Å². The van der Waals surface area contributed by atoms with Gasteiger partial charge < -0.3 is 9.64 Å². The summed E-state index contributed by atoms with van der Waals surface area (Å²) >= 11 is 0. The largest absolute Gasteiger partial charge is 0.394 e. The fourth-order valence-electron chi connectivity index (χ4n) is 5.59. The topological polar surface area (TPSA) is 81.9 Å². The lowest BCUT2D eigenvalue weighted by molar-refractivity contribution is -0.337. The molecule has 4 fully saturated rings. The highest BCUT2D eigenvalue weighted by Gasteiger charge is 2.79. The molecule has 0 unspecified atom stereocenters. The summed E-state index contributed by atoms with van der Waals surface area (Å²) in [6.07, 6.45) is -0.501. The first kappa shape index (κ1) is 20.8. The highest BCUT2D eigenvalue weighted by Crippen LogP contribution is 2.78.